The molecule has 0 heterocycles. The Morgan fingerprint density at radius 3 is 2.57 bits per heavy atom. The highest BCUT2D eigenvalue weighted by Gasteiger charge is 2.37. The molecule has 0 aliphatic heterocycles. The molecule has 0 saturated heterocycles. The number of rotatable bonds is 3. The summed E-state index contributed by atoms with van der Waals surface area (Å²) in [4.78, 5) is 0. The Bertz CT molecular complexity index is 660. The fraction of sp³-hybridized carbons (Fsp3) is 0.263. The van der Waals surface area contributed by atoms with Gasteiger partial charge in [-0.15, -0.1) is 0 Å². The smallest absolute Gasteiger partial charge is 0.140 e. The molecule has 3 rings (SSSR count). The van der Waals surface area contributed by atoms with Crippen molar-refractivity contribution in [3.63, 3.8) is 0 Å². The average molecular weight is 282 g/mol. The normalized spacial score (nSPS) is 21.0. The van der Waals surface area contributed by atoms with Gasteiger partial charge in [-0.05, 0) is 47.2 Å². The second-order valence-corrected chi connectivity index (χ2v) is 5.63. The minimum atomic E-state index is -1.36. The molecule has 0 N–H and O–H groups in total. The molecule has 0 fully saturated rings. The summed E-state index contributed by atoms with van der Waals surface area (Å²) in [6.07, 6.45) is 1.63. The second kappa shape index (κ2) is 5.36. The van der Waals surface area contributed by atoms with Crippen molar-refractivity contribution >= 4 is 5.57 Å². The van der Waals surface area contributed by atoms with E-state index in [4.69, 9.17) is 4.74 Å². The first-order valence-electron chi connectivity index (χ1n) is 7.22. The Morgan fingerprint density at radius 2 is 1.86 bits per heavy atom. The zero-order valence-electron chi connectivity index (χ0n) is 12.2. The van der Waals surface area contributed by atoms with Crippen molar-refractivity contribution in [1.29, 1.82) is 0 Å². The van der Waals surface area contributed by atoms with Gasteiger partial charge in [-0.25, -0.2) is 4.39 Å². The maximum atomic E-state index is 15.4. The number of methoxy groups -OCH3 is 1. The first-order valence-corrected chi connectivity index (χ1v) is 7.22. The molecule has 1 aliphatic carbocycles. The summed E-state index contributed by atoms with van der Waals surface area (Å²) in [6, 6.07) is 15.6. The monoisotopic (exact) mass is 282 g/mol. The number of alkyl halides is 1. The number of hydrogen-bond acceptors (Lipinski definition) is 1. The SMILES string of the molecule is C=C1c2ccccc2CC[C@]1(F)Cc1ccc(OC)cc1. The van der Waals surface area contributed by atoms with Crippen molar-refractivity contribution < 1.29 is 9.13 Å². The predicted molar refractivity (Wildman–Crippen MR) is 84.3 cm³/mol. The number of hydrogen-bond donors (Lipinski definition) is 0. The molecular formula is C19H19FO. The van der Waals surface area contributed by atoms with Crippen LogP contribution in [0.2, 0.25) is 0 Å². The highest BCUT2D eigenvalue weighted by Crippen LogP contribution is 2.42. The van der Waals surface area contributed by atoms with Crippen molar-refractivity contribution in [3.05, 3.63) is 71.8 Å². The van der Waals surface area contributed by atoms with E-state index in [0.29, 0.717) is 18.4 Å². The molecule has 1 nitrogen and oxygen atoms in total. The average Bonchev–Trinajstić information content (AvgIpc) is 2.52. The molecular weight excluding hydrogens is 263 g/mol. The lowest BCUT2D eigenvalue weighted by Gasteiger charge is -2.33. The van der Waals surface area contributed by atoms with Crippen molar-refractivity contribution in [2.75, 3.05) is 7.11 Å². The van der Waals surface area contributed by atoms with Crippen LogP contribution in [0.15, 0.2) is 55.1 Å². The maximum Gasteiger partial charge on any atom is 0.140 e. The number of aryl methyl sites for hydroxylation is 1. The molecule has 2 aromatic carbocycles. The van der Waals surface area contributed by atoms with E-state index in [-0.39, 0.29) is 0 Å². The summed E-state index contributed by atoms with van der Waals surface area (Å²) in [5.74, 6) is 0.791. The molecule has 1 aliphatic rings. The van der Waals surface area contributed by atoms with Gasteiger partial charge in [0.1, 0.15) is 11.4 Å². The molecule has 108 valence electrons. The molecule has 0 saturated carbocycles. The van der Waals surface area contributed by atoms with Gasteiger partial charge in [0.25, 0.3) is 0 Å². The zero-order chi connectivity index (χ0) is 14.9. The first kappa shape index (κ1) is 13.9. The minimum Gasteiger partial charge on any atom is -0.497 e. The van der Waals surface area contributed by atoms with E-state index in [1.54, 1.807) is 7.11 Å². The maximum absolute atomic E-state index is 15.4. The van der Waals surface area contributed by atoms with Crippen LogP contribution in [0.25, 0.3) is 5.57 Å². The van der Waals surface area contributed by atoms with Crippen LogP contribution in [0.5, 0.6) is 5.75 Å². The van der Waals surface area contributed by atoms with Crippen LogP contribution in [0.1, 0.15) is 23.1 Å². The van der Waals surface area contributed by atoms with Gasteiger partial charge >= 0.3 is 0 Å². The van der Waals surface area contributed by atoms with E-state index < -0.39 is 5.67 Å². The quantitative estimate of drug-likeness (QED) is 0.799. The van der Waals surface area contributed by atoms with Gasteiger partial charge in [-0.3, -0.25) is 0 Å². The van der Waals surface area contributed by atoms with E-state index in [1.807, 2.05) is 42.5 Å². The van der Waals surface area contributed by atoms with E-state index >= 15 is 4.39 Å². The van der Waals surface area contributed by atoms with Crippen molar-refractivity contribution in [3.8, 4) is 5.75 Å². The van der Waals surface area contributed by atoms with Crippen molar-refractivity contribution in [2.24, 2.45) is 0 Å². The van der Waals surface area contributed by atoms with Crippen LogP contribution in [0, 0.1) is 0 Å². The molecule has 21 heavy (non-hydrogen) atoms. The summed E-state index contributed by atoms with van der Waals surface area (Å²) in [5.41, 5.74) is 2.40. The third-order valence-corrected chi connectivity index (χ3v) is 4.32. The number of fused-ring (bicyclic) bond motifs is 1. The fourth-order valence-electron chi connectivity index (χ4n) is 3.02. The Hall–Kier alpha value is -2.09. The zero-order valence-corrected chi connectivity index (χ0v) is 12.2. The molecule has 0 unspecified atom stereocenters. The van der Waals surface area contributed by atoms with E-state index in [2.05, 4.69) is 12.6 Å². The Morgan fingerprint density at radius 1 is 1.14 bits per heavy atom. The van der Waals surface area contributed by atoms with Gasteiger partial charge < -0.3 is 4.74 Å². The first-order chi connectivity index (χ1) is 10.1. The van der Waals surface area contributed by atoms with Crippen LogP contribution in [0.4, 0.5) is 4.39 Å². The molecule has 0 amide bonds. The van der Waals surface area contributed by atoms with Gasteiger partial charge in [0.15, 0.2) is 0 Å². The predicted octanol–water partition coefficient (Wildman–Crippen LogP) is 4.61. The highest BCUT2D eigenvalue weighted by atomic mass is 19.1. The summed E-state index contributed by atoms with van der Waals surface area (Å²) in [6.45, 7) is 4.04. The summed E-state index contributed by atoms with van der Waals surface area (Å²) < 4.78 is 20.5. The lowest BCUT2D eigenvalue weighted by molar-refractivity contribution is 0.221. The molecule has 0 aromatic heterocycles. The largest absolute Gasteiger partial charge is 0.497 e. The van der Waals surface area contributed by atoms with Crippen molar-refractivity contribution in [1.82, 2.24) is 0 Å². The summed E-state index contributed by atoms with van der Waals surface area (Å²) >= 11 is 0. The summed E-state index contributed by atoms with van der Waals surface area (Å²) in [5, 5.41) is 0. The third-order valence-electron chi connectivity index (χ3n) is 4.32. The van der Waals surface area contributed by atoms with Crippen LogP contribution in [-0.4, -0.2) is 12.8 Å². The van der Waals surface area contributed by atoms with E-state index in [9.17, 15) is 0 Å². The molecule has 0 radical (unpaired) electrons. The van der Waals surface area contributed by atoms with Gasteiger partial charge in [0.2, 0.25) is 0 Å². The van der Waals surface area contributed by atoms with Gasteiger partial charge in [0.05, 0.1) is 7.11 Å². The number of benzene rings is 2. The summed E-state index contributed by atoms with van der Waals surface area (Å²) in [7, 11) is 1.63. The lowest BCUT2D eigenvalue weighted by Crippen LogP contribution is -2.32. The minimum absolute atomic E-state index is 0.365. The lowest BCUT2D eigenvalue weighted by atomic mass is 9.75. The topological polar surface area (TPSA) is 9.23 Å². The van der Waals surface area contributed by atoms with E-state index in [1.165, 1.54) is 5.56 Å². The standard InChI is InChI=1S/C19H19FO/c1-14-18-6-4-3-5-16(18)11-12-19(14,20)13-15-7-9-17(21-2)10-8-15/h3-10H,1,11-13H2,2H3/t19-/m0/s1. The molecule has 0 spiro atoms. The Labute approximate surface area is 125 Å². The molecule has 1 atom stereocenters. The number of halogens is 1. The van der Waals surface area contributed by atoms with Crippen LogP contribution >= 0.6 is 0 Å². The van der Waals surface area contributed by atoms with Gasteiger partial charge in [-0.1, -0.05) is 43.0 Å². The number of ether oxygens (including phenoxy) is 1. The van der Waals surface area contributed by atoms with Crippen LogP contribution < -0.4 is 4.74 Å². The van der Waals surface area contributed by atoms with Crippen LogP contribution in [0.3, 0.4) is 0 Å². The fourth-order valence-corrected chi connectivity index (χ4v) is 3.02. The van der Waals surface area contributed by atoms with E-state index in [0.717, 1.165) is 23.3 Å². The molecule has 0 bridgehead atoms. The molecule has 2 aromatic rings. The van der Waals surface area contributed by atoms with Gasteiger partial charge in [-0.2, -0.15) is 0 Å². The number of allylic oxidation sites excluding steroid dienone is 1. The third kappa shape index (κ3) is 2.58. The Balaban J connectivity index is 1.86. The second-order valence-electron chi connectivity index (χ2n) is 5.63. The van der Waals surface area contributed by atoms with Crippen molar-refractivity contribution in [2.45, 2.75) is 24.9 Å². The molecule has 2 heteroatoms. The van der Waals surface area contributed by atoms with Crippen LogP contribution in [-0.2, 0) is 12.8 Å². The van der Waals surface area contributed by atoms with Gasteiger partial charge in [0, 0.05) is 6.42 Å². The highest BCUT2D eigenvalue weighted by molar-refractivity contribution is 5.74. The Kier molecular flexibility index (Phi) is 3.54.